The van der Waals surface area contributed by atoms with E-state index in [1.807, 2.05) is 30.5 Å². The average molecular weight is 581 g/mol. The average Bonchev–Trinajstić information content (AvgIpc) is 3.31. The van der Waals surface area contributed by atoms with Crippen LogP contribution in [-0.2, 0) is 20.1 Å². The summed E-state index contributed by atoms with van der Waals surface area (Å²) in [7, 11) is 0. The van der Waals surface area contributed by atoms with Crippen molar-refractivity contribution in [2.75, 3.05) is 0 Å². The van der Waals surface area contributed by atoms with Crippen LogP contribution in [0.1, 0.15) is 51.0 Å². The first kappa shape index (κ1) is 23.1. The zero-order valence-electron chi connectivity index (χ0n) is 17.6. The van der Waals surface area contributed by atoms with Gasteiger partial charge in [0.2, 0.25) is 0 Å². The number of aliphatic hydroxyl groups is 2. The Hall–Kier alpha value is -1.58. The zero-order chi connectivity index (χ0) is 20.4. The quantitative estimate of drug-likeness (QED) is 0.402. The van der Waals surface area contributed by atoms with Crippen molar-refractivity contribution in [1.29, 1.82) is 0 Å². The van der Waals surface area contributed by atoms with Gasteiger partial charge in [-0.05, 0) is 59.5 Å². The van der Waals surface area contributed by atoms with Crippen molar-refractivity contribution in [3.05, 3.63) is 66.4 Å². The van der Waals surface area contributed by atoms with Crippen LogP contribution in [0, 0.1) is 17.9 Å². The molecular weight excluding hydrogens is 551 g/mol. The van der Waals surface area contributed by atoms with Crippen molar-refractivity contribution in [1.82, 2.24) is 4.98 Å². The zero-order valence-corrected chi connectivity index (χ0v) is 20.0. The summed E-state index contributed by atoms with van der Waals surface area (Å²) in [5.41, 5.74) is 3.38. The Morgan fingerprint density at radius 3 is 2.27 bits per heavy atom. The van der Waals surface area contributed by atoms with Gasteiger partial charge < -0.3 is 15.2 Å². The van der Waals surface area contributed by atoms with Gasteiger partial charge in [0, 0.05) is 32.2 Å². The van der Waals surface area contributed by atoms with Gasteiger partial charge in [-0.3, -0.25) is 0 Å². The molecule has 0 spiro atoms. The van der Waals surface area contributed by atoms with Crippen molar-refractivity contribution in [2.45, 2.75) is 57.7 Å². The molecule has 0 bridgehead atoms. The van der Waals surface area contributed by atoms with Crippen LogP contribution >= 0.6 is 0 Å². The molecule has 161 valence electrons. The Balaban J connectivity index is 0.000000197. The van der Waals surface area contributed by atoms with Crippen LogP contribution in [0.2, 0.25) is 0 Å². The molecule has 2 N–H and O–H groups in total. The Kier molecular flexibility index (Phi) is 7.81. The molecule has 1 aromatic heterocycles. The van der Waals surface area contributed by atoms with Gasteiger partial charge in [0.05, 0.1) is 12.2 Å². The summed E-state index contributed by atoms with van der Waals surface area (Å²) in [6.07, 6.45) is 5.60. The van der Waals surface area contributed by atoms with Gasteiger partial charge in [-0.15, -0.1) is 35.9 Å². The van der Waals surface area contributed by atoms with E-state index in [9.17, 15) is 10.2 Å². The smallest absolute Gasteiger partial charge is 0.0595 e. The van der Waals surface area contributed by atoms with E-state index in [0.29, 0.717) is 11.8 Å². The first-order valence-electron chi connectivity index (χ1n) is 10.8. The predicted molar refractivity (Wildman–Crippen MR) is 118 cm³/mol. The standard InChI is InChI=1S/C18H16N.C8H14O2.Ir/c1-13(2)15-8-9-16-12-19-18(11-17(16)10-15)14-6-4-3-5-7-14;9-6-3-1-5-2-4-7(10)8(5)6;/h3-6,8-13H,1-2H3;5-10H,1-4H2;/q-1;;. The Morgan fingerprint density at radius 2 is 1.67 bits per heavy atom. The maximum absolute atomic E-state index is 9.41. The molecule has 3 aromatic rings. The van der Waals surface area contributed by atoms with E-state index in [1.165, 1.54) is 16.3 Å². The number of benzene rings is 2. The first-order valence-corrected chi connectivity index (χ1v) is 10.8. The number of hydrogen-bond donors (Lipinski definition) is 2. The number of nitrogens with zero attached hydrogens (tertiary/aromatic N) is 1. The van der Waals surface area contributed by atoms with E-state index in [4.69, 9.17) is 0 Å². The van der Waals surface area contributed by atoms with Gasteiger partial charge in [-0.25, -0.2) is 0 Å². The molecule has 1 heterocycles. The van der Waals surface area contributed by atoms with E-state index >= 15 is 0 Å². The van der Waals surface area contributed by atoms with E-state index < -0.39 is 0 Å². The molecule has 2 saturated carbocycles. The fraction of sp³-hybridized carbons (Fsp3) is 0.423. The second-order valence-electron chi connectivity index (χ2n) is 8.73. The van der Waals surface area contributed by atoms with Crippen LogP contribution in [0.3, 0.4) is 0 Å². The van der Waals surface area contributed by atoms with E-state index in [-0.39, 0.29) is 38.2 Å². The number of fused-ring (bicyclic) bond motifs is 2. The third-order valence-corrected chi connectivity index (χ3v) is 6.50. The summed E-state index contributed by atoms with van der Waals surface area (Å²) < 4.78 is 0. The van der Waals surface area contributed by atoms with E-state index in [2.05, 4.69) is 49.2 Å². The monoisotopic (exact) mass is 581 g/mol. The fourth-order valence-electron chi connectivity index (χ4n) is 4.79. The minimum absolute atomic E-state index is 0. The minimum atomic E-state index is -0.206. The molecule has 1 radical (unpaired) electrons. The molecule has 5 rings (SSSR count). The van der Waals surface area contributed by atoms with Gasteiger partial charge in [0.1, 0.15) is 0 Å². The third kappa shape index (κ3) is 5.00. The first-order chi connectivity index (χ1) is 14.0. The SMILES string of the molecule is CC(C)c1ccc2cnc(-c3[c-]cccc3)cc2c1.OC1CCC2CCC(O)C12.[Ir]. The maximum Gasteiger partial charge on any atom is 0.0595 e. The maximum atomic E-state index is 9.41. The number of pyridine rings is 1. The second kappa shape index (κ2) is 10.2. The summed E-state index contributed by atoms with van der Waals surface area (Å²) in [6.45, 7) is 4.43. The van der Waals surface area contributed by atoms with Crippen LogP contribution < -0.4 is 0 Å². The number of hydrogen-bond acceptors (Lipinski definition) is 3. The van der Waals surface area contributed by atoms with Crippen LogP contribution in [0.5, 0.6) is 0 Å². The molecule has 0 saturated heterocycles. The van der Waals surface area contributed by atoms with E-state index in [1.54, 1.807) is 0 Å². The summed E-state index contributed by atoms with van der Waals surface area (Å²) in [6, 6.07) is 19.9. The van der Waals surface area contributed by atoms with Gasteiger partial charge in [-0.1, -0.05) is 38.1 Å². The van der Waals surface area contributed by atoms with Crippen LogP contribution in [0.15, 0.2) is 54.7 Å². The van der Waals surface area contributed by atoms with Gasteiger partial charge in [0.25, 0.3) is 0 Å². The van der Waals surface area contributed by atoms with Crippen LogP contribution in [0.4, 0.5) is 0 Å². The molecule has 30 heavy (non-hydrogen) atoms. The number of aromatic nitrogens is 1. The molecule has 2 atom stereocenters. The predicted octanol–water partition coefficient (Wildman–Crippen LogP) is 5.35. The molecule has 2 aliphatic rings. The molecule has 0 amide bonds. The molecule has 2 aromatic carbocycles. The van der Waals surface area contributed by atoms with Gasteiger partial charge in [-0.2, -0.15) is 0 Å². The molecular formula is C26H30IrNO2-. The molecule has 3 nitrogen and oxygen atoms in total. The molecule has 2 fully saturated rings. The Morgan fingerprint density at radius 1 is 0.933 bits per heavy atom. The normalized spacial score (nSPS) is 24.8. The topological polar surface area (TPSA) is 53.4 Å². The summed E-state index contributed by atoms with van der Waals surface area (Å²) in [5, 5.41) is 21.2. The number of rotatable bonds is 2. The third-order valence-electron chi connectivity index (χ3n) is 6.50. The largest absolute Gasteiger partial charge is 0.393 e. The van der Waals surface area contributed by atoms with Gasteiger partial charge >= 0.3 is 0 Å². The van der Waals surface area contributed by atoms with Gasteiger partial charge in [0.15, 0.2) is 0 Å². The van der Waals surface area contributed by atoms with Crippen LogP contribution in [-0.4, -0.2) is 27.4 Å². The number of aliphatic hydroxyl groups excluding tert-OH is 2. The van der Waals surface area contributed by atoms with Crippen molar-refractivity contribution < 1.29 is 30.3 Å². The summed E-state index contributed by atoms with van der Waals surface area (Å²) in [5.74, 6) is 1.40. The fourth-order valence-corrected chi connectivity index (χ4v) is 4.79. The molecule has 2 aliphatic carbocycles. The second-order valence-corrected chi connectivity index (χ2v) is 8.73. The van der Waals surface area contributed by atoms with Crippen molar-refractivity contribution in [3.8, 4) is 11.3 Å². The van der Waals surface area contributed by atoms with Crippen molar-refractivity contribution >= 4 is 10.8 Å². The van der Waals surface area contributed by atoms with Crippen LogP contribution in [0.25, 0.3) is 22.0 Å². The molecule has 2 unspecified atom stereocenters. The van der Waals surface area contributed by atoms with Crippen molar-refractivity contribution in [2.24, 2.45) is 11.8 Å². The summed E-state index contributed by atoms with van der Waals surface area (Å²) in [4.78, 5) is 4.52. The summed E-state index contributed by atoms with van der Waals surface area (Å²) >= 11 is 0. The Labute approximate surface area is 192 Å². The van der Waals surface area contributed by atoms with Crippen molar-refractivity contribution in [3.63, 3.8) is 0 Å². The Bertz CT molecular complexity index is 946. The van der Waals surface area contributed by atoms with E-state index in [0.717, 1.165) is 36.9 Å². The molecule has 0 aliphatic heterocycles. The molecule has 4 heteroatoms. The minimum Gasteiger partial charge on any atom is -0.393 e.